The van der Waals surface area contributed by atoms with Gasteiger partial charge in [-0.05, 0) is 26.2 Å². The van der Waals surface area contributed by atoms with E-state index in [1.807, 2.05) is 0 Å². The monoisotopic (exact) mass is 222 g/mol. The number of hydrogen-bond acceptors (Lipinski definition) is 3. The molecule has 4 nitrogen and oxygen atoms in total. The van der Waals surface area contributed by atoms with Crippen LogP contribution in [0.25, 0.3) is 0 Å². The third kappa shape index (κ3) is 2.21. The summed E-state index contributed by atoms with van der Waals surface area (Å²) in [6, 6.07) is 0.689. The van der Waals surface area contributed by atoms with E-state index in [0.717, 1.165) is 25.5 Å². The topological polar surface area (TPSA) is 47.1 Å². The minimum absolute atomic E-state index is 0.687. The van der Waals surface area contributed by atoms with Crippen molar-refractivity contribution in [2.75, 3.05) is 24.5 Å². The van der Waals surface area contributed by atoms with Crippen LogP contribution in [0.15, 0.2) is 6.20 Å². The smallest absolute Gasteiger partial charge is 0.206 e. The third-order valence-electron chi connectivity index (χ3n) is 3.13. The molecule has 4 heteroatoms. The van der Waals surface area contributed by atoms with Crippen molar-refractivity contribution in [3.8, 4) is 0 Å². The van der Waals surface area contributed by atoms with Crippen LogP contribution in [0.5, 0.6) is 0 Å². The van der Waals surface area contributed by atoms with E-state index in [1.54, 1.807) is 0 Å². The van der Waals surface area contributed by atoms with Crippen molar-refractivity contribution in [1.82, 2.24) is 9.55 Å². The quantitative estimate of drug-likeness (QED) is 0.794. The molecule has 1 heterocycles. The highest BCUT2D eigenvalue weighted by atomic mass is 15.3. The number of nitrogens with zero attached hydrogens (tertiary/aromatic N) is 3. The van der Waals surface area contributed by atoms with Crippen molar-refractivity contribution in [3.63, 3.8) is 0 Å². The van der Waals surface area contributed by atoms with E-state index in [0.29, 0.717) is 12.6 Å². The van der Waals surface area contributed by atoms with E-state index < -0.39 is 0 Å². The molecule has 0 unspecified atom stereocenters. The molecule has 1 aromatic heterocycles. The molecule has 1 saturated carbocycles. The zero-order valence-corrected chi connectivity index (χ0v) is 10.3. The molecule has 1 aliphatic carbocycles. The molecule has 1 aromatic rings. The van der Waals surface area contributed by atoms with E-state index in [-0.39, 0.29) is 0 Å². The minimum atomic E-state index is 0.687. The Kier molecular flexibility index (Phi) is 3.49. The van der Waals surface area contributed by atoms with E-state index in [2.05, 4.69) is 29.5 Å². The summed E-state index contributed by atoms with van der Waals surface area (Å²) in [5.41, 5.74) is 6.84. The Balaban J connectivity index is 2.25. The highest BCUT2D eigenvalue weighted by Gasteiger charge is 2.27. The number of rotatable bonds is 6. The first-order valence-electron chi connectivity index (χ1n) is 6.32. The predicted octanol–water partition coefficient (Wildman–Crippen LogP) is 1.57. The normalized spacial score (nSPS) is 15.4. The first kappa shape index (κ1) is 11.5. The van der Waals surface area contributed by atoms with Crippen molar-refractivity contribution in [3.05, 3.63) is 11.9 Å². The van der Waals surface area contributed by atoms with Crippen LogP contribution in [0.4, 0.5) is 5.95 Å². The largest absolute Gasteiger partial charge is 0.341 e. The van der Waals surface area contributed by atoms with Crippen LogP contribution >= 0.6 is 0 Å². The molecule has 2 rings (SSSR count). The maximum atomic E-state index is 5.64. The molecule has 0 amide bonds. The van der Waals surface area contributed by atoms with Gasteiger partial charge in [0.05, 0.1) is 5.69 Å². The fourth-order valence-corrected chi connectivity index (χ4v) is 2.01. The van der Waals surface area contributed by atoms with Crippen LogP contribution < -0.4 is 10.6 Å². The van der Waals surface area contributed by atoms with Gasteiger partial charge in [-0.2, -0.15) is 0 Å². The molecule has 0 aliphatic heterocycles. The summed E-state index contributed by atoms with van der Waals surface area (Å²) >= 11 is 0. The zero-order valence-electron chi connectivity index (χ0n) is 10.3. The molecular weight excluding hydrogens is 200 g/mol. The molecule has 90 valence electrons. The van der Waals surface area contributed by atoms with E-state index >= 15 is 0 Å². The third-order valence-corrected chi connectivity index (χ3v) is 3.13. The van der Waals surface area contributed by atoms with Crippen LogP contribution in [-0.4, -0.2) is 29.2 Å². The maximum Gasteiger partial charge on any atom is 0.206 e. The maximum absolute atomic E-state index is 5.64. The molecule has 0 radical (unpaired) electrons. The van der Waals surface area contributed by atoms with Crippen molar-refractivity contribution in [2.24, 2.45) is 5.73 Å². The van der Waals surface area contributed by atoms with Crippen LogP contribution in [0.1, 0.15) is 38.4 Å². The Bertz CT molecular complexity index is 341. The Labute approximate surface area is 97.4 Å². The van der Waals surface area contributed by atoms with Crippen molar-refractivity contribution < 1.29 is 0 Å². The number of imidazole rings is 1. The van der Waals surface area contributed by atoms with Crippen molar-refractivity contribution >= 4 is 5.95 Å². The van der Waals surface area contributed by atoms with Gasteiger partial charge in [0, 0.05) is 31.9 Å². The Morgan fingerprint density at radius 3 is 2.75 bits per heavy atom. The van der Waals surface area contributed by atoms with E-state index in [4.69, 9.17) is 10.7 Å². The van der Waals surface area contributed by atoms with Gasteiger partial charge in [-0.1, -0.05) is 6.92 Å². The van der Waals surface area contributed by atoms with Crippen LogP contribution in [-0.2, 0) is 6.42 Å². The lowest BCUT2D eigenvalue weighted by molar-refractivity contribution is 0.688. The van der Waals surface area contributed by atoms with Gasteiger partial charge in [-0.25, -0.2) is 4.98 Å². The summed E-state index contributed by atoms with van der Waals surface area (Å²) in [4.78, 5) is 6.99. The lowest BCUT2D eigenvalue weighted by Gasteiger charge is -2.22. The fraction of sp³-hybridized carbons (Fsp3) is 0.750. The van der Waals surface area contributed by atoms with Gasteiger partial charge in [0.2, 0.25) is 5.95 Å². The summed E-state index contributed by atoms with van der Waals surface area (Å²) < 4.78 is 2.35. The number of hydrogen-bond donors (Lipinski definition) is 1. The number of nitrogens with two attached hydrogens (primary N) is 1. The molecular formula is C12H22N4. The molecule has 0 bridgehead atoms. The van der Waals surface area contributed by atoms with Crippen molar-refractivity contribution in [1.29, 1.82) is 0 Å². The molecule has 0 atom stereocenters. The van der Waals surface area contributed by atoms with Crippen molar-refractivity contribution in [2.45, 2.75) is 39.2 Å². The van der Waals surface area contributed by atoms with Gasteiger partial charge < -0.3 is 15.2 Å². The number of likely N-dealkylation sites (N-methyl/N-ethyl adjacent to an activating group) is 1. The molecule has 1 fully saturated rings. The molecule has 1 aliphatic rings. The number of anilines is 1. The summed E-state index contributed by atoms with van der Waals surface area (Å²) in [7, 11) is 0. The summed E-state index contributed by atoms with van der Waals surface area (Å²) in [6.45, 7) is 6.87. The average Bonchev–Trinajstić information content (AvgIpc) is 3.06. The van der Waals surface area contributed by atoms with Gasteiger partial charge in [0.1, 0.15) is 0 Å². The lowest BCUT2D eigenvalue weighted by atomic mass is 10.4. The van der Waals surface area contributed by atoms with Crippen LogP contribution in [0, 0.1) is 0 Å². The second kappa shape index (κ2) is 4.87. The molecule has 0 aromatic carbocycles. The van der Waals surface area contributed by atoms with Crippen LogP contribution in [0.2, 0.25) is 0 Å². The van der Waals surface area contributed by atoms with Gasteiger partial charge in [-0.3, -0.25) is 0 Å². The standard InChI is InChI=1S/C12H22N4/c1-3-10-9-16(11-5-6-11)12(14-10)15(4-2)8-7-13/h9,11H,3-8,13H2,1-2H3. The van der Waals surface area contributed by atoms with Gasteiger partial charge in [-0.15, -0.1) is 0 Å². The summed E-state index contributed by atoms with van der Waals surface area (Å²) in [5, 5.41) is 0. The van der Waals surface area contributed by atoms with Gasteiger partial charge in [0.15, 0.2) is 0 Å². The van der Waals surface area contributed by atoms with E-state index in [1.165, 1.54) is 18.5 Å². The zero-order chi connectivity index (χ0) is 11.5. The number of aromatic nitrogens is 2. The molecule has 2 N–H and O–H groups in total. The Morgan fingerprint density at radius 2 is 2.25 bits per heavy atom. The first-order chi connectivity index (χ1) is 7.80. The Morgan fingerprint density at radius 1 is 1.50 bits per heavy atom. The molecule has 0 saturated heterocycles. The second-order valence-electron chi connectivity index (χ2n) is 4.39. The highest BCUT2D eigenvalue weighted by molar-refractivity contribution is 5.35. The number of aryl methyl sites for hydroxylation is 1. The first-order valence-corrected chi connectivity index (χ1v) is 6.32. The van der Waals surface area contributed by atoms with Gasteiger partial charge in [0.25, 0.3) is 0 Å². The Hall–Kier alpha value is -1.03. The molecule has 0 spiro atoms. The fourth-order valence-electron chi connectivity index (χ4n) is 2.01. The lowest BCUT2D eigenvalue weighted by Crippen LogP contribution is -2.31. The summed E-state index contributed by atoms with van der Waals surface area (Å²) in [6.07, 6.45) is 5.82. The summed E-state index contributed by atoms with van der Waals surface area (Å²) in [5.74, 6) is 1.12. The highest BCUT2D eigenvalue weighted by Crippen LogP contribution is 2.38. The average molecular weight is 222 g/mol. The van der Waals surface area contributed by atoms with Gasteiger partial charge >= 0.3 is 0 Å². The van der Waals surface area contributed by atoms with Crippen LogP contribution in [0.3, 0.4) is 0 Å². The SMILES string of the molecule is CCc1cn(C2CC2)c(N(CC)CCN)n1. The second-order valence-corrected chi connectivity index (χ2v) is 4.39. The van der Waals surface area contributed by atoms with E-state index in [9.17, 15) is 0 Å². The minimum Gasteiger partial charge on any atom is -0.341 e. The predicted molar refractivity (Wildman–Crippen MR) is 66.8 cm³/mol. The molecule has 16 heavy (non-hydrogen) atoms.